The second-order valence-corrected chi connectivity index (χ2v) is 6.55. The van der Waals surface area contributed by atoms with E-state index >= 15 is 0 Å². The summed E-state index contributed by atoms with van der Waals surface area (Å²) >= 11 is 0. The number of aromatic amines is 1. The lowest BCUT2D eigenvalue weighted by atomic mass is 10.1. The van der Waals surface area contributed by atoms with Gasteiger partial charge in [-0.15, -0.1) is 0 Å². The van der Waals surface area contributed by atoms with Crippen LogP contribution in [0, 0.1) is 0 Å². The van der Waals surface area contributed by atoms with Crippen LogP contribution in [0.3, 0.4) is 0 Å². The molecule has 0 radical (unpaired) electrons. The maximum atomic E-state index is 12.5. The lowest BCUT2D eigenvalue weighted by molar-refractivity contribution is 0.106. The summed E-state index contributed by atoms with van der Waals surface area (Å²) in [5.74, 6) is 0.421. The number of nitrogens with zero attached hydrogens (tertiary/aromatic N) is 2. The van der Waals surface area contributed by atoms with Gasteiger partial charge in [-0.05, 0) is 24.8 Å². The number of carbonyl (C=O) groups excluding carboxylic acids is 1. The third-order valence-corrected chi connectivity index (χ3v) is 4.80. The zero-order chi connectivity index (χ0) is 19.2. The van der Waals surface area contributed by atoms with Gasteiger partial charge in [0.05, 0.1) is 7.11 Å². The van der Waals surface area contributed by atoms with Crippen LogP contribution in [-0.4, -0.2) is 47.3 Å². The summed E-state index contributed by atoms with van der Waals surface area (Å²) in [6, 6.07) is 11.2. The Morgan fingerprint density at radius 2 is 1.93 bits per heavy atom. The van der Waals surface area contributed by atoms with E-state index in [4.69, 9.17) is 4.74 Å². The monoisotopic (exact) mass is 372 g/mol. The largest absolute Gasteiger partial charge is 0.453 e. The molecule has 1 aromatic heterocycles. The number of amides is 1. The second-order valence-electron chi connectivity index (χ2n) is 6.55. The molecule has 8 heteroatoms. The molecule has 0 aliphatic carbocycles. The lowest BCUT2D eigenvalue weighted by Gasteiger charge is -2.31. The normalized spacial score (nSPS) is 14.8. The highest BCUT2D eigenvalue weighted by atomic mass is 16.5. The summed E-state index contributed by atoms with van der Waals surface area (Å²) in [5.41, 5.74) is 0.414. The molecule has 1 aliphatic heterocycles. The second kappa shape index (κ2) is 8.57. The molecule has 1 amide bonds. The minimum Gasteiger partial charge on any atom is -0.453 e. The zero-order valence-electron chi connectivity index (χ0n) is 15.3. The average molecular weight is 372 g/mol. The van der Waals surface area contributed by atoms with E-state index in [0.29, 0.717) is 38.3 Å². The van der Waals surface area contributed by atoms with Crippen molar-refractivity contribution in [3.05, 3.63) is 62.8 Å². The molecule has 0 atom stereocenters. The number of aromatic nitrogens is 2. The van der Waals surface area contributed by atoms with E-state index < -0.39 is 5.69 Å². The summed E-state index contributed by atoms with van der Waals surface area (Å²) in [7, 11) is 1.34. The predicted molar refractivity (Wildman–Crippen MR) is 102 cm³/mol. The van der Waals surface area contributed by atoms with Crippen LogP contribution < -0.4 is 16.6 Å². The van der Waals surface area contributed by atoms with Crippen LogP contribution in [-0.2, 0) is 11.2 Å². The first-order valence-corrected chi connectivity index (χ1v) is 9.05. The fraction of sp³-hybridized carbons (Fsp3) is 0.421. The van der Waals surface area contributed by atoms with E-state index in [1.807, 2.05) is 30.3 Å². The number of likely N-dealkylation sites (tertiary alicyclic amines) is 1. The molecule has 1 aromatic carbocycles. The molecule has 2 N–H and O–H groups in total. The molecule has 144 valence electrons. The molecular weight excluding hydrogens is 348 g/mol. The van der Waals surface area contributed by atoms with Gasteiger partial charge in [-0.1, -0.05) is 30.3 Å². The highest BCUT2D eigenvalue weighted by Gasteiger charge is 2.26. The third-order valence-electron chi connectivity index (χ3n) is 4.80. The summed E-state index contributed by atoms with van der Waals surface area (Å²) in [6.45, 7) is 1.53. The van der Waals surface area contributed by atoms with Crippen LogP contribution in [0.15, 0.2) is 46.0 Å². The number of hydrogen-bond donors (Lipinski definition) is 2. The minimum absolute atomic E-state index is 0.222. The number of methoxy groups -OCH3 is 1. The molecule has 3 rings (SSSR count). The molecule has 2 aromatic rings. The fourth-order valence-electron chi connectivity index (χ4n) is 3.37. The van der Waals surface area contributed by atoms with Crippen molar-refractivity contribution in [2.45, 2.75) is 25.3 Å². The van der Waals surface area contributed by atoms with Crippen LogP contribution >= 0.6 is 0 Å². The Bertz CT molecular complexity index is 851. The SMILES string of the molecule is COC(=O)N1CCC(n2c(=O)cc(NCCc3ccccc3)[nH]c2=O)CC1. The Kier molecular flexibility index (Phi) is 5.95. The van der Waals surface area contributed by atoms with Gasteiger partial charge in [0.25, 0.3) is 5.56 Å². The summed E-state index contributed by atoms with van der Waals surface area (Å²) in [4.78, 5) is 40.8. The van der Waals surface area contributed by atoms with Crippen molar-refractivity contribution in [1.29, 1.82) is 0 Å². The average Bonchev–Trinajstić information content (AvgIpc) is 2.68. The summed E-state index contributed by atoms with van der Waals surface area (Å²) in [5, 5.41) is 3.10. The Balaban J connectivity index is 1.63. The van der Waals surface area contributed by atoms with Crippen molar-refractivity contribution >= 4 is 11.9 Å². The van der Waals surface area contributed by atoms with E-state index in [0.717, 1.165) is 6.42 Å². The van der Waals surface area contributed by atoms with Crippen molar-refractivity contribution in [2.24, 2.45) is 0 Å². The van der Waals surface area contributed by atoms with E-state index in [-0.39, 0.29) is 17.7 Å². The van der Waals surface area contributed by atoms with Gasteiger partial charge in [0.1, 0.15) is 5.82 Å². The Labute approximate surface area is 156 Å². The topological polar surface area (TPSA) is 96.4 Å². The minimum atomic E-state index is -0.429. The number of carbonyl (C=O) groups is 1. The number of benzene rings is 1. The van der Waals surface area contributed by atoms with Gasteiger partial charge < -0.3 is 15.0 Å². The molecule has 0 bridgehead atoms. The summed E-state index contributed by atoms with van der Waals surface area (Å²) < 4.78 is 5.95. The fourth-order valence-corrected chi connectivity index (χ4v) is 3.37. The number of H-pyrrole nitrogens is 1. The van der Waals surface area contributed by atoms with Crippen molar-refractivity contribution in [1.82, 2.24) is 14.5 Å². The standard InChI is InChI=1S/C19H24N4O4/c1-27-19(26)22-11-8-15(9-12-22)23-17(24)13-16(21-18(23)25)20-10-7-14-5-3-2-4-6-14/h2-6,13,15,20H,7-12H2,1H3,(H,21,25). The lowest BCUT2D eigenvalue weighted by Crippen LogP contribution is -2.45. The van der Waals surface area contributed by atoms with Gasteiger partial charge in [-0.2, -0.15) is 0 Å². The van der Waals surface area contributed by atoms with E-state index in [9.17, 15) is 14.4 Å². The summed E-state index contributed by atoms with van der Waals surface area (Å²) in [6.07, 6.45) is 1.49. The van der Waals surface area contributed by atoms with E-state index in [1.165, 1.54) is 23.3 Å². The van der Waals surface area contributed by atoms with Gasteiger partial charge in [0.2, 0.25) is 0 Å². The van der Waals surface area contributed by atoms with Gasteiger partial charge in [-0.25, -0.2) is 9.59 Å². The molecule has 8 nitrogen and oxygen atoms in total. The third kappa shape index (κ3) is 4.58. The first kappa shape index (κ1) is 18.8. The Morgan fingerprint density at radius 1 is 1.22 bits per heavy atom. The Hall–Kier alpha value is -3.03. The maximum Gasteiger partial charge on any atom is 0.409 e. The molecule has 27 heavy (non-hydrogen) atoms. The van der Waals surface area contributed by atoms with Gasteiger partial charge in [0.15, 0.2) is 0 Å². The highest BCUT2D eigenvalue weighted by Crippen LogP contribution is 2.20. The van der Waals surface area contributed by atoms with Crippen molar-refractivity contribution in [3.8, 4) is 0 Å². The van der Waals surface area contributed by atoms with E-state index in [1.54, 1.807) is 4.90 Å². The first-order chi connectivity index (χ1) is 13.1. The van der Waals surface area contributed by atoms with Crippen LogP contribution in [0.2, 0.25) is 0 Å². The van der Waals surface area contributed by atoms with Crippen LogP contribution in [0.25, 0.3) is 0 Å². The van der Waals surface area contributed by atoms with Gasteiger partial charge in [-0.3, -0.25) is 14.3 Å². The number of rotatable bonds is 5. The maximum absolute atomic E-state index is 12.5. The van der Waals surface area contributed by atoms with E-state index in [2.05, 4.69) is 10.3 Å². The molecule has 1 fully saturated rings. The first-order valence-electron chi connectivity index (χ1n) is 9.05. The molecule has 1 aliphatic rings. The number of nitrogens with one attached hydrogen (secondary N) is 2. The van der Waals surface area contributed by atoms with Crippen molar-refractivity contribution in [2.75, 3.05) is 32.1 Å². The smallest absolute Gasteiger partial charge is 0.409 e. The van der Waals surface area contributed by atoms with Crippen LogP contribution in [0.1, 0.15) is 24.4 Å². The molecule has 0 unspecified atom stereocenters. The molecule has 2 heterocycles. The Morgan fingerprint density at radius 3 is 2.56 bits per heavy atom. The van der Waals surface area contributed by atoms with Crippen LogP contribution in [0.5, 0.6) is 0 Å². The zero-order valence-corrected chi connectivity index (χ0v) is 15.3. The van der Waals surface area contributed by atoms with Crippen molar-refractivity contribution < 1.29 is 9.53 Å². The quantitative estimate of drug-likeness (QED) is 0.831. The molecule has 0 spiro atoms. The van der Waals surface area contributed by atoms with Gasteiger partial charge >= 0.3 is 11.8 Å². The van der Waals surface area contributed by atoms with Gasteiger partial charge in [0, 0.05) is 31.7 Å². The number of hydrogen-bond acceptors (Lipinski definition) is 5. The molecular formula is C19H24N4O4. The molecule has 1 saturated heterocycles. The molecule has 0 saturated carbocycles. The van der Waals surface area contributed by atoms with Crippen LogP contribution in [0.4, 0.5) is 10.6 Å². The van der Waals surface area contributed by atoms with Crippen molar-refractivity contribution in [3.63, 3.8) is 0 Å². The number of ether oxygens (including phenoxy) is 1. The number of piperidine rings is 1. The number of anilines is 1. The highest BCUT2D eigenvalue weighted by molar-refractivity contribution is 5.67. The predicted octanol–water partition coefficient (Wildman–Crippen LogP) is 1.59.